The fraction of sp³-hybridized carbons (Fsp3) is 0.640. The number of rotatable bonds is 22. The average Bonchev–Trinajstić information content (AvgIpc) is 3.62. The SMILES string of the molecule is O=CCCCCn1cc(CCC(=O)NCC(=O)NCC(=O)NCC(=O)NCCc2cn(CCCCCO)nn2)nn1. The number of aryl methyl sites for hydroxylation is 3. The van der Waals surface area contributed by atoms with Crippen molar-refractivity contribution in [2.45, 2.75) is 70.9 Å². The van der Waals surface area contributed by atoms with E-state index in [1.165, 1.54) is 0 Å². The molecule has 0 saturated carbocycles. The van der Waals surface area contributed by atoms with Crippen LogP contribution in [0.15, 0.2) is 12.4 Å². The number of hydrogen-bond donors (Lipinski definition) is 5. The molecule has 2 heterocycles. The largest absolute Gasteiger partial charge is 0.396 e. The van der Waals surface area contributed by atoms with Gasteiger partial charge >= 0.3 is 0 Å². The molecule has 0 radical (unpaired) electrons. The summed E-state index contributed by atoms with van der Waals surface area (Å²) >= 11 is 0. The number of aliphatic hydroxyl groups is 1. The van der Waals surface area contributed by atoms with Gasteiger partial charge < -0.3 is 31.2 Å². The minimum Gasteiger partial charge on any atom is -0.396 e. The molecule has 41 heavy (non-hydrogen) atoms. The summed E-state index contributed by atoms with van der Waals surface area (Å²) in [6.45, 7) is 0.999. The van der Waals surface area contributed by atoms with Crippen LogP contribution in [0.4, 0.5) is 0 Å². The molecule has 2 aromatic heterocycles. The maximum atomic E-state index is 12.0. The highest BCUT2D eigenvalue weighted by Crippen LogP contribution is 2.02. The number of aromatic nitrogens is 6. The van der Waals surface area contributed by atoms with Crippen molar-refractivity contribution >= 4 is 29.9 Å². The Balaban J connectivity index is 1.49. The third-order valence-corrected chi connectivity index (χ3v) is 5.83. The maximum absolute atomic E-state index is 12.0. The zero-order valence-corrected chi connectivity index (χ0v) is 23.2. The van der Waals surface area contributed by atoms with E-state index < -0.39 is 11.8 Å². The second kappa shape index (κ2) is 19.8. The Bertz CT molecular complexity index is 1100. The number of nitrogens with zero attached hydrogens (tertiary/aromatic N) is 6. The lowest BCUT2D eigenvalue weighted by atomic mass is 10.2. The summed E-state index contributed by atoms with van der Waals surface area (Å²) in [4.78, 5) is 58.1. The Labute approximate surface area is 238 Å². The van der Waals surface area contributed by atoms with Gasteiger partial charge in [0.25, 0.3) is 0 Å². The van der Waals surface area contributed by atoms with Crippen molar-refractivity contribution in [3.63, 3.8) is 0 Å². The summed E-state index contributed by atoms with van der Waals surface area (Å²) < 4.78 is 3.39. The predicted octanol–water partition coefficient (Wildman–Crippen LogP) is -1.96. The third-order valence-electron chi connectivity index (χ3n) is 5.83. The van der Waals surface area contributed by atoms with Crippen LogP contribution in [-0.2, 0) is 49.9 Å². The number of aldehydes is 1. The molecule has 0 fully saturated rings. The second-order valence-corrected chi connectivity index (χ2v) is 9.32. The number of carbonyl (C=O) groups is 5. The highest BCUT2D eigenvalue weighted by atomic mass is 16.3. The lowest BCUT2D eigenvalue weighted by molar-refractivity contribution is -0.128. The number of aliphatic hydroxyl groups excluding tert-OH is 1. The summed E-state index contributed by atoms with van der Waals surface area (Å²) in [6.07, 6.45) is 10.1. The van der Waals surface area contributed by atoms with Crippen LogP contribution in [0.5, 0.6) is 0 Å². The van der Waals surface area contributed by atoms with E-state index in [0.29, 0.717) is 44.6 Å². The summed E-state index contributed by atoms with van der Waals surface area (Å²) in [6, 6.07) is 0. The van der Waals surface area contributed by atoms with Gasteiger partial charge in [0.15, 0.2) is 0 Å². The second-order valence-electron chi connectivity index (χ2n) is 9.32. The van der Waals surface area contributed by atoms with Crippen LogP contribution in [0.1, 0.15) is 56.3 Å². The number of nitrogens with one attached hydrogen (secondary N) is 4. The fourth-order valence-electron chi connectivity index (χ4n) is 3.57. The van der Waals surface area contributed by atoms with Gasteiger partial charge in [0.2, 0.25) is 23.6 Å². The van der Waals surface area contributed by atoms with Gasteiger partial charge in [-0.2, -0.15) is 0 Å². The van der Waals surface area contributed by atoms with Crippen molar-refractivity contribution in [1.82, 2.24) is 51.3 Å². The highest BCUT2D eigenvalue weighted by molar-refractivity contribution is 5.89. The van der Waals surface area contributed by atoms with Crippen LogP contribution in [0.3, 0.4) is 0 Å². The van der Waals surface area contributed by atoms with Crippen LogP contribution in [-0.4, -0.2) is 97.8 Å². The Morgan fingerprint density at radius 1 is 0.707 bits per heavy atom. The van der Waals surface area contributed by atoms with Gasteiger partial charge in [-0.25, -0.2) is 0 Å². The molecule has 0 bridgehead atoms. The lowest BCUT2D eigenvalue weighted by Crippen LogP contribution is -2.44. The van der Waals surface area contributed by atoms with Gasteiger partial charge in [-0.3, -0.25) is 28.5 Å². The summed E-state index contributed by atoms with van der Waals surface area (Å²) in [5.74, 6) is -1.81. The monoisotopic (exact) mass is 576 g/mol. The van der Waals surface area contributed by atoms with Gasteiger partial charge in [0.1, 0.15) is 6.29 Å². The molecule has 226 valence electrons. The van der Waals surface area contributed by atoms with Crippen molar-refractivity contribution in [3.8, 4) is 0 Å². The molecule has 0 aromatic carbocycles. The van der Waals surface area contributed by atoms with Crippen molar-refractivity contribution in [2.24, 2.45) is 0 Å². The Hall–Kier alpha value is -4.21. The molecule has 0 unspecified atom stereocenters. The van der Waals surface area contributed by atoms with Crippen LogP contribution in [0.25, 0.3) is 0 Å². The molecule has 0 saturated heterocycles. The first-order valence-corrected chi connectivity index (χ1v) is 13.8. The Morgan fingerprint density at radius 2 is 1.24 bits per heavy atom. The van der Waals surface area contributed by atoms with Crippen molar-refractivity contribution in [1.29, 1.82) is 0 Å². The number of carbonyl (C=O) groups excluding carboxylic acids is 5. The van der Waals surface area contributed by atoms with Gasteiger partial charge in [-0.15, -0.1) is 10.2 Å². The first kappa shape index (κ1) is 33.0. The molecule has 4 amide bonds. The molecule has 2 rings (SSSR count). The van der Waals surface area contributed by atoms with E-state index in [9.17, 15) is 24.0 Å². The topological polar surface area (TPSA) is 215 Å². The number of amides is 4. The van der Waals surface area contributed by atoms with Crippen LogP contribution < -0.4 is 21.3 Å². The van der Waals surface area contributed by atoms with Gasteiger partial charge in [0.05, 0.1) is 31.0 Å². The molecule has 16 heteroatoms. The molecule has 2 aromatic rings. The van der Waals surface area contributed by atoms with Gasteiger partial charge in [-0.1, -0.05) is 10.4 Å². The smallest absolute Gasteiger partial charge is 0.239 e. The van der Waals surface area contributed by atoms with Crippen molar-refractivity contribution in [2.75, 3.05) is 32.8 Å². The van der Waals surface area contributed by atoms with Crippen LogP contribution in [0.2, 0.25) is 0 Å². The third kappa shape index (κ3) is 15.2. The van der Waals surface area contributed by atoms with E-state index in [2.05, 4.69) is 41.9 Å². The zero-order chi connectivity index (χ0) is 29.7. The minimum atomic E-state index is -0.543. The van der Waals surface area contributed by atoms with E-state index >= 15 is 0 Å². The number of unbranched alkanes of at least 4 members (excludes halogenated alkanes) is 4. The van der Waals surface area contributed by atoms with E-state index in [4.69, 9.17) is 5.11 Å². The van der Waals surface area contributed by atoms with E-state index in [-0.39, 0.29) is 44.5 Å². The first-order chi connectivity index (χ1) is 19.9. The summed E-state index contributed by atoms with van der Waals surface area (Å²) in [7, 11) is 0. The molecular formula is C25H40N10O6. The molecule has 0 aliphatic heterocycles. The Kier molecular flexibility index (Phi) is 15.9. The van der Waals surface area contributed by atoms with Crippen molar-refractivity contribution < 1.29 is 29.1 Å². The zero-order valence-electron chi connectivity index (χ0n) is 23.2. The normalized spacial score (nSPS) is 10.7. The molecule has 5 N–H and O–H groups in total. The van der Waals surface area contributed by atoms with E-state index in [1.807, 2.05) is 6.20 Å². The molecular weight excluding hydrogens is 536 g/mol. The van der Waals surface area contributed by atoms with Crippen molar-refractivity contribution in [3.05, 3.63) is 23.8 Å². The maximum Gasteiger partial charge on any atom is 0.239 e. The summed E-state index contributed by atoms with van der Waals surface area (Å²) in [5, 5.41) is 34.8. The van der Waals surface area contributed by atoms with Gasteiger partial charge in [-0.05, 0) is 32.1 Å². The first-order valence-electron chi connectivity index (χ1n) is 13.8. The average molecular weight is 577 g/mol. The van der Waals surface area contributed by atoms with E-state index in [1.54, 1.807) is 15.6 Å². The standard InChI is InChI=1S/C25H40N10O6/c36-13-5-1-3-11-34-18-20(30-32-34)7-8-22(38)27-16-24(40)29-17-25(41)28-15-23(39)26-10-9-21-19-35(33-31-21)12-4-2-6-14-37/h13,18-19,37H,1-12,14-17H2,(H,26,39)(H,27,38)(H,28,41)(H,29,40). The Morgan fingerprint density at radius 3 is 1.83 bits per heavy atom. The minimum absolute atomic E-state index is 0.122. The molecule has 0 aliphatic carbocycles. The molecule has 0 aliphatic rings. The fourth-order valence-corrected chi connectivity index (χ4v) is 3.57. The predicted molar refractivity (Wildman–Crippen MR) is 145 cm³/mol. The van der Waals surface area contributed by atoms with Crippen LogP contribution >= 0.6 is 0 Å². The highest BCUT2D eigenvalue weighted by Gasteiger charge is 2.11. The summed E-state index contributed by atoms with van der Waals surface area (Å²) in [5.41, 5.74) is 1.38. The number of hydrogen-bond acceptors (Lipinski definition) is 10. The van der Waals surface area contributed by atoms with Crippen LogP contribution in [0, 0.1) is 0 Å². The van der Waals surface area contributed by atoms with Gasteiger partial charge in [0, 0.05) is 64.3 Å². The molecule has 0 atom stereocenters. The lowest BCUT2D eigenvalue weighted by Gasteiger charge is -2.08. The molecule has 16 nitrogen and oxygen atoms in total. The van der Waals surface area contributed by atoms with E-state index in [0.717, 1.165) is 44.1 Å². The quantitative estimate of drug-likeness (QED) is 0.0770. The molecule has 0 spiro atoms.